The second-order valence-corrected chi connectivity index (χ2v) is 11.7. The number of rotatable bonds is 11. The number of hydrogen-bond acceptors (Lipinski definition) is 11. The monoisotopic (exact) mass is 579 g/mol. The van der Waals surface area contributed by atoms with Crippen LogP contribution >= 0.6 is 7.75 Å². The van der Waals surface area contributed by atoms with E-state index in [1.807, 2.05) is 0 Å². The SMILES string of the molecule is CNc1nc(N)nc2c1ncn2[C@@H]1OC(CO[P@@](=O)(N[C@@H](C)C(=O)OC(C)C)Oc2ccccc2)[C@@H](C)[C@@]1(C)F. The summed E-state index contributed by atoms with van der Waals surface area (Å²) >= 11 is 0. The van der Waals surface area contributed by atoms with Gasteiger partial charge in [-0.05, 0) is 39.8 Å². The third kappa shape index (κ3) is 6.20. The summed E-state index contributed by atoms with van der Waals surface area (Å²) in [4.78, 5) is 25.1. The van der Waals surface area contributed by atoms with E-state index in [0.29, 0.717) is 11.3 Å². The molecule has 0 amide bonds. The van der Waals surface area contributed by atoms with Crippen LogP contribution in [-0.4, -0.2) is 63.1 Å². The van der Waals surface area contributed by atoms with Crippen molar-refractivity contribution in [1.29, 1.82) is 0 Å². The standard InChI is InChI=1S/C25H35FN7O6P/c1-14(2)37-22(34)16(4)32-40(35,39-17-10-8-7-9-11-17)36-12-18-15(3)25(5,26)23(38-18)33-13-29-19-20(28-6)30-24(27)31-21(19)33/h7-11,13-16,18,23H,12H2,1-6H3,(H,32,35)(H3,27,28,30,31)/t15-,16+,18?,23-,25-,40+/m1/s1. The summed E-state index contributed by atoms with van der Waals surface area (Å²) in [5.41, 5.74) is 4.63. The lowest BCUT2D eigenvalue weighted by atomic mass is 9.90. The molecule has 1 aromatic carbocycles. The normalized spacial score (nSPS) is 25.1. The number of nitrogens with two attached hydrogens (primary N) is 1. The van der Waals surface area contributed by atoms with Gasteiger partial charge < -0.3 is 25.0 Å². The Kier molecular flexibility index (Phi) is 8.64. The minimum absolute atomic E-state index is 0.0136. The second-order valence-electron chi connectivity index (χ2n) is 10.0. The van der Waals surface area contributed by atoms with Crippen molar-refractivity contribution >= 4 is 36.6 Å². The summed E-state index contributed by atoms with van der Waals surface area (Å²) in [5, 5.41) is 5.52. The fourth-order valence-corrected chi connectivity index (χ4v) is 5.81. The van der Waals surface area contributed by atoms with Crippen molar-refractivity contribution in [1.82, 2.24) is 24.6 Å². The zero-order valence-corrected chi connectivity index (χ0v) is 24.1. The van der Waals surface area contributed by atoms with Crippen molar-refractivity contribution in [2.75, 3.05) is 24.7 Å². The maximum Gasteiger partial charge on any atom is 0.459 e. The number of hydrogen-bond donors (Lipinski definition) is 3. The first-order valence-electron chi connectivity index (χ1n) is 12.8. The molecule has 40 heavy (non-hydrogen) atoms. The van der Waals surface area contributed by atoms with Crippen molar-refractivity contribution in [3.63, 3.8) is 0 Å². The summed E-state index contributed by atoms with van der Waals surface area (Å²) < 4.78 is 54.2. The quantitative estimate of drug-likeness (QED) is 0.222. The van der Waals surface area contributed by atoms with E-state index < -0.39 is 43.7 Å². The molecule has 1 fully saturated rings. The van der Waals surface area contributed by atoms with Crippen LogP contribution in [0.3, 0.4) is 0 Å². The van der Waals surface area contributed by atoms with E-state index in [1.54, 1.807) is 58.2 Å². The van der Waals surface area contributed by atoms with Crippen molar-refractivity contribution in [3.8, 4) is 5.75 Å². The summed E-state index contributed by atoms with van der Waals surface area (Å²) in [6, 6.07) is 7.32. The average Bonchev–Trinajstić information content (AvgIpc) is 3.40. The van der Waals surface area contributed by atoms with Crippen LogP contribution in [0.5, 0.6) is 5.75 Å². The highest BCUT2D eigenvalue weighted by atomic mass is 31.2. The van der Waals surface area contributed by atoms with E-state index in [1.165, 1.54) is 24.7 Å². The molecular weight excluding hydrogens is 544 g/mol. The molecule has 13 nitrogen and oxygen atoms in total. The molecule has 15 heteroatoms. The Balaban J connectivity index is 1.56. The zero-order valence-electron chi connectivity index (χ0n) is 23.2. The molecule has 6 atom stereocenters. The van der Waals surface area contributed by atoms with Gasteiger partial charge in [-0.2, -0.15) is 15.1 Å². The van der Waals surface area contributed by atoms with Crippen molar-refractivity contribution in [2.45, 2.75) is 64.8 Å². The van der Waals surface area contributed by atoms with Gasteiger partial charge in [0.15, 0.2) is 28.9 Å². The number of anilines is 2. The molecule has 1 unspecified atom stereocenters. The number of halogens is 1. The minimum atomic E-state index is -4.17. The molecule has 0 aliphatic carbocycles. The molecule has 4 rings (SSSR count). The molecule has 1 aliphatic heterocycles. The van der Waals surface area contributed by atoms with Gasteiger partial charge in [-0.3, -0.25) is 13.9 Å². The highest BCUT2D eigenvalue weighted by Gasteiger charge is 2.54. The van der Waals surface area contributed by atoms with Gasteiger partial charge in [0.05, 0.1) is 25.1 Å². The van der Waals surface area contributed by atoms with Gasteiger partial charge in [0.1, 0.15) is 11.8 Å². The van der Waals surface area contributed by atoms with E-state index >= 15 is 4.39 Å². The number of imidazole rings is 1. The fourth-order valence-electron chi connectivity index (χ4n) is 4.31. The molecule has 2 aromatic heterocycles. The number of benzene rings is 1. The number of carbonyl (C=O) groups is 1. The maximum absolute atomic E-state index is 16.2. The number of ether oxygens (including phenoxy) is 2. The first-order chi connectivity index (χ1) is 18.8. The van der Waals surface area contributed by atoms with Gasteiger partial charge in [-0.25, -0.2) is 13.9 Å². The third-order valence-corrected chi connectivity index (χ3v) is 8.24. The van der Waals surface area contributed by atoms with Crippen LogP contribution in [0.15, 0.2) is 36.7 Å². The Morgan fingerprint density at radius 1 is 1.27 bits per heavy atom. The van der Waals surface area contributed by atoms with Gasteiger partial charge in [0.2, 0.25) is 5.95 Å². The summed E-state index contributed by atoms with van der Waals surface area (Å²) in [5.74, 6) is -0.722. The topological polar surface area (TPSA) is 165 Å². The first kappa shape index (κ1) is 29.7. The highest BCUT2D eigenvalue weighted by molar-refractivity contribution is 7.52. The minimum Gasteiger partial charge on any atom is -0.462 e. The molecule has 0 radical (unpaired) electrons. The third-order valence-electron chi connectivity index (χ3n) is 6.60. The predicted molar refractivity (Wildman–Crippen MR) is 146 cm³/mol. The number of nitrogens with one attached hydrogen (secondary N) is 2. The lowest BCUT2D eigenvalue weighted by Gasteiger charge is -2.26. The average molecular weight is 580 g/mol. The van der Waals surface area contributed by atoms with E-state index in [0.717, 1.165) is 0 Å². The highest BCUT2D eigenvalue weighted by Crippen LogP contribution is 2.50. The van der Waals surface area contributed by atoms with Gasteiger partial charge in [-0.1, -0.05) is 25.1 Å². The number of para-hydroxylation sites is 1. The number of fused-ring (bicyclic) bond motifs is 1. The van der Waals surface area contributed by atoms with Gasteiger partial charge in [0.25, 0.3) is 0 Å². The molecule has 3 aromatic rings. The molecule has 1 aliphatic rings. The number of alkyl halides is 1. The van der Waals surface area contributed by atoms with Crippen LogP contribution in [0.4, 0.5) is 16.2 Å². The van der Waals surface area contributed by atoms with Crippen LogP contribution in [0.1, 0.15) is 40.8 Å². The van der Waals surface area contributed by atoms with E-state index in [9.17, 15) is 9.36 Å². The van der Waals surface area contributed by atoms with Crippen LogP contribution in [0, 0.1) is 5.92 Å². The lowest BCUT2D eigenvalue weighted by molar-refractivity contribution is -0.149. The van der Waals surface area contributed by atoms with Crippen molar-refractivity contribution in [3.05, 3.63) is 36.7 Å². The fraction of sp³-hybridized carbons (Fsp3) is 0.520. The van der Waals surface area contributed by atoms with E-state index in [2.05, 4.69) is 25.4 Å². The largest absolute Gasteiger partial charge is 0.462 e. The number of carbonyl (C=O) groups excluding carboxylic acids is 1. The Bertz CT molecular complexity index is 1390. The smallest absolute Gasteiger partial charge is 0.459 e. The van der Waals surface area contributed by atoms with Crippen LogP contribution in [0.25, 0.3) is 11.2 Å². The molecular formula is C25H35FN7O6P. The predicted octanol–water partition coefficient (Wildman–Crippen LogP) is 3.85. The molecule has 1 saturated heterocycles. The van der Waals surface area contributed by atoms with Crippen LogP contribution in [0.2, 0.25) is 0 Å². The van der Waals surface area contributed by atoms with Crippen LogP contribution in [-0.2, 0) is 23.4 Å². The van der Waals surface area contributed by atoms with Crippen molar-refractivity contribution in [2.24, 2.45) is 5.92 Å². The number of nitrogens with zero attached hydrogens (tertiary/aromatic N) is 4. The molecule has 218 valence electrons. The zero-order chi connectivity index (χ0) is 29.2. The van der Waals surface area contributed by atoms with Gasteiger partial charge >= 0.3 is 13.7 Å². The van der Waals surface area contributed by atoms with Crippen molar-refractivity contribution < 1.29 is 32.3 Å². The molecule has 4 N–H and O–H groups in total. The number of aromatic nitrogens is 4. The first-order valence-corrected chi connectivity index (χ1v) is 14.4. The summed E-state index contributed by atoms with van der Waals surface area (Å²) in [6.07, 6.45) is -0.969. The maximum atomic E-state index is 16.2. The van der Waals surface area contributed by atoms with Gasteiger partial charge in [-0.15, -0.1) is 0 Å². The molecule has 3 heterocycles. The lowest BCUT2D eigenvalue weighted by Crippen LogP contribution is -2.37. The Morgan fingerprint density at radius 2 is 1.98 bits per heavy atom. The number of esters is 1. The second kappa shape index (κ2) is 11.7. The van der Waals surface area contributed by atoms with Gasteiger partial charge in [0, 0.05) is 13.0 Å². The summed E-state index contributed by atoms with van der Waals surface area (Å²) in [7, 11) is -2.51. The molecule has 0 spiro atoms. The Labute approximate surface area is 231 Å². The molecule has 0 saturated carbocycles. The molecule has 0 bridgehead atoms. The summed E-state index contributed by atoms with van der Waals surface area (Å²) in [6.45, 7) is 7.64. The van der Waals surface area contributed by atoms with E-state index in [-0.39, 0.29) is 30.1 Å². The van der Waals surface area contributed by atoms with Crippen LogP contribution < -0.4 is 20.7 Å². The van der Waals surface area contributed by atoms with E-state index in [4.69, 9.17) is 24.3 Å². The number of nitrogen functional groups attached to an aromatic ring is 1. The Hall–Kier alpha value is -3.32. The Morgan fingerprint density at radius 3 is 2.62 bits per heavy atom.